The first-order valence-corrected chi connectivity index (χ1v) is 6.37. The summed E-state index contributed by atoms with van der Waals surface area (Å²) in [6, 6.07) is 11.7. The van der Waals surface area contributed by atoms with Crippen LogP contribution in [0.5, 0.6) is 0 Å². The molecule has 0 bridgehead atoms. The van der Waals surface area contributed by atoms with Gasteiger partial charge in [0, 0.05) is 37.9 Å². The molecule has 0 aliphatic rings. The van der Waals surface area contributed by atoms with E-state index >= 15 is 0 Å². The van der Waals surface area contributed by atoms with Crippen LogP contribution in [0.1, 0.15) is 22.8 Å². The quantitative estimate of drug-likeness (QED) is 0.612. The second-order valence-electron chi connectivity index (χ2n) is 4.18. The molecule has 0 aromatic carbocycles. The number of nitrogens with zero attached hydrogens (tertiary/aromatic N) is 4. The number of hydrogen-bond acceptors (Lipinski definition) is 4. The average Bonchev–Trinajstić information content (AvgIpc) is 2.40. The largest absolute Gasteiger partial charge is 2.00 e. The van der Waals surface area contributed by atoms with Crippen molar-refractivity contribution >= 4 is 12.4 Å². The van der Waals surface area contributed by atoms with Gasteiger partial charge in [-0.3, -0.25) is 20.0 Å². The zero-order valence-electron chi connectivity index (χ0n) is 14.9. The van der Waals surface area contributed by atoms with Crippen molar-refractivity contribution in [2.75, 3.05) is 14.1 Å². The van der Waals surface area contributed by atoms with E-state index < -0.39 is 0 Å². The zero-order chi connectivity index (χ0) is 14.8. The van der Waals surface area contributed by atoms with Gasteiger partial charge in [-0.2, -0.15) is 0 Å². The van der Waals surface area contributed by atoms with Gasteiger partial charge in [-0.05, 0) is 38.1 Å². The molecule has 0 atom stereocenters. The second kappa shape index (κ2) is 15.1. The number of aliphatic imine (C=N–C) groups is 2. The average molecular weight is 349 g/mol. The van der Waals surface area contributed by atoms with Gasteiger partial charge in [0.1, 0.15) is 0 Å². The van der Waals surface area contributed by atoms with Crippen LogP contribution in [0.2, 0.25) is 0 Å². The molecule has 0 saturated carbocycles. The van der Waals surface area contributed by atoms with Crippen LogP contribution in [-0.4, -0.2) is 36.5 Å². The second-order valence-corrected chi connectivity index (χ2v) is 4.18. The molecule has 2 aromatic heterocycles. The maximum absolute atomic E-state index is 4.21. The van der Waals surface area contributed by atoms with Gasteiger partial charge in [0.2, 0.25) is 0 Å². The Morgan fingerprint density at radius 3 is 1.35 bits per heavy atom. The van der Waals surface area contributed by atoms with Crippen LogP contribution in [0, 0.1) is 28.7 Å². The van der Waals surface area contributed by atoms with E-state index in [-0.39, 0.29) is 33.4 Å². The third-order valence-corrected chi connectivity index (χ3v) is 2.34. The molecule has 5 heteroatoms. The molecule has 2 aromatic rings. The summed E-state index contributed by atoms with van der Waals surface area (Å²) in [6.45, 7) is 3.93. The van der Waals surface area contributed by atoms with E-state index in [9.17, 15) is 0 Å². The van der Waals surface area contributed by atoms with Crippen molar-refractivity contribution in [2.45, 2.75) is 13.8 Å². The standard InChI is InChI=1S/2C8H10N2.2CH3.V/c2*1-7-4-3-5-8(10-7)6-9-2;;;/h2*3-6H,1-2H3;2*1H3;/q;;2*-1;+2. The third kappa shape index (κ3) is 11.4. The molecule has 1 radical (unpaired) electrons. The van der Waals surface area contributed by atoms with Gasteiger partial charge < -0.3 is 14.9 Å². The monoisotopic (exact) mass is 349 g/mol. The van der Waals surface area contributed by atoms with Crippen molar-refractivity contribution in [3.8, 4) is 0 Å². The van der Waals surface area contributed by atoms with Crippen LogP contribution in [0.4, 0.5) is 0 Å². The van der Waals surface area contributed by atoms with E-state index in [2.05, 4.69) is 20.0 Å². The molecular weight excluding hydrogens is 323 g/mol. The summed E-state index contributed by atoms with van der Waals surface area (Å²) in [6.07, 6.45) is 3.49. The van der Waals surface area contributed by atoms with E-state index in [0.717, 1.165) is 22.8 Å². The predicted octanol–water partition coefficient (Wildman–Crippen LogP) is 3.78. The first-order chi connectivity index (χ1) is 9.65. The summed E-state index contributed by atoms with van der Waals surface area (Å²) in [5, 5.41) is 0. The van der Waals surface area contributed by atoms with E-state index in [1.165, 1.54) is 0 Å². The van der Waals surface area contributed by atoms with Crippen molar-refractivity contribution < 1.29 is 18.6 Å². The summed E-state index contributed by atoms with van der Waals surface area (Å²) in [7, 11) is 3.48. The molecule has 2 rings (SSSR count). The van der Waals surface area contributed by atoms with Crippen LogP contribution in [-0.2, 0) is 18.6 Å². The van der Waals surface area contributed by atoms with E-state index in [1.54, 1.807) is 26.5 Å². The molecule has 0 N–H and O–H groups in total. The molecule has 0 unspecified atom stereocenters. The number of aryl methyl sites for hydroxylation is 2. The zero-order valence-corrected chi connectivity index (χ0v) is 16.3. The van der Waals surface area contributed by atoms with Crippen LogP contribution in [0.25, 0.3) is 0 Å². The van der Waals surface area contributed by atoms with Crippen LogP contribution in [0.3, 0.4) is 0 Å². The van der Waals surface area contributed by atoms with Crippen molar-refractivity contribution in [1.82, 2.24) is 9.97 Å². The Morgan fingerprint density at radius 1 is 0.739 bits per heavy atom. The molecule has 0 saturated heterocycles. The third-order valence-electron chi connectivity index (χ3n) is 2.34. The minimum absolute atomic E-state index is 0. The fraction of sp³-hybridized carbons (Fsp3) is 0.222. The number of hydrogen-bond donors (Lipinski definition) is 0. The summed E-state index contributed by atoms with van der Waals surface area (Å²) >= 11 is 0. The SMILES string of the molecule is CN=Cc1cccc(C)n1.CN=Cc1cccc(C)n1.[CH3-].[CH3-].[V+2]. The fourth-order valence-corrected chi connectivity index (χ4v) is 1.54. The van der Waals surface area contributed by atoms with Gasteiger partial charge >= 0.3 is 18.6 Å². The summed E-state index contributed by atoms with van der Waals surface area (Å²) in [5.41, 5.74) is 3.89. The van der Waals surface area contributed by atoms with Gasteiger partial charge in [0.05, 0.1) is 11.4 Å². The van der Waals surface area contributed by atoms with Gasteiger partial charge in [-0.1, -0.05) is 12.1 Å². The van der Waals surface area contributed by atoms with Crippen molar-refractivity contribution in [1.29, 1.82) is 0 Å². The minimum atomic E-state index is 0. The summed E-state index contributed by atoms with van der Waals surface area (Å²) in [4.78, 5) is 16.1. The van der Waals surface area contributed by atoms with E-state index in [0.29, 0.717) is 0 Å². The maximum Gasteiger partial charge on any atom is 2.00 e. The van der Waals surface area contributed by atoms with Crippen LogP contribution >= 0.6 is 0 Å². The predicted molar refractivity (Wildman–Crippen MR) is 97.8 cm³/mol. The van der Waals surface area contributed by atoms with Gasteiger partial charge in [-0.25, -0.2) is 0 Å². The van der Waals surface area contributed by atoms with Crippen LogP contribution in [0.15, 0.2) is 46.4 Å². The molecule has 0 amide bonds. The Labute approximate surface area is 153 Å². The van der Waals surface area contributed by atoms with Crippen LogP contribution < -0.4 is 0 Å². The van der Waals surface area contributed by atoms with Crippen molar-refractivity contribution in [3.63, 3.8) is 0 Å². The fourth-order valence-electron chi connectivity index (χ4n) is 1.54. The number of pyridine rings is 2. The molecule has 0 aliphatic heterocycles. The molecule has 123 valence electrons. The molecule has 4 nitrogen and oxygen atoms in total. The molecular formula is C18H26N4V. The Morgan fingerprint density at radius 2 is 1.09 bits per heavy atom. The summed E-state index contributed by atoms with van der Waals surface area (Å²) in [5.74, 6) is 0. The number of aromatic nitrogens is 2. The molecule has 2 heterocycles. The minimum Gasteiger partial charge on any atom is -0.358 e. The first kappa shape index (κ1) is 26.1. The molecule has 0 fully saturated rings. The normalized spacial score (nSPS) is 9.22. The first-order valence-electron chi connectivity index (χ1n) is 6.37. The number of rotatable bonds is 2. The molecule has 0 aliphatic carbocycles. The van der Waals surface area contributed by atoms with Gasteiger partial charge in [-0.15, -0.1) is 0 Å². The summed E-state index contributed by atoms with van der Waals surface area (Å²) < 4.78 is 0. The smallest absolute Gasteiger partial charge is 0.358 e. The Hall–Kier alpha value is -1.78. The van der Waals surface area contributed by atoms with Gasteiger partial charge in [0.25, 0.3) is 0 Å². The van der Waals surface area contributed by atoms with Crippen molar-refractivity contribution in [3.05, 3.63) is 74.0 Å². The van der Waals surface area contributed by atoms with E-state index in [1.807, 2.05) is 50.2 Å². The Bertz CT molecular complexity index is 542. The molecule has 23 heavy (non-hydrogen) atoms. The maximum atomic E-state index is 4.21. The Kier molecular flexibility index (Phi) is 17.2. The van der Waals surface area contributed by atoms with Crippen molar-refractivity contribution in [2.24, 2.45) is 9.98 Å². The van der Waals surface area contributed by atoms with E-state index in [4.69, 9.17) is 0 Å². The molecule has 0 spiro atoms. The Balaban J connectivity index is -0.000000308. The topological polar surface area (TPSA) is 50.5 Å². The van der Waals surface area contributed by atoms with Gasteiger partial charge in [0.15, 0.2) is 0 Å².